The molecule has 0 aromatic heterocycles. The fourth-order valence-electron chi connectivity index (χ4n) is 2.26. The zero-order chi connectivity index (χ0) is 15.0. The first-order valence-electron chi connectivity index (χ1n) is 7.46. The number of benzene rings is 1. The zero-order valence-corrected chi connectivity index (χ0v) is 12.8. The third-order valence-corrected chi connectivity index (χ3v) is 3.51. The molecule has 0 aliphatic carbocycles. The Morgan fingerprint density at radius 1 is 1.30 bits per heavy atom. The molecule has 1 unspecified atom stereocenters. The number of carbonyl (C=O) groups excluding carboxylic acids is 1. The van der Waals surface area contributed by atoms with Crippen molar-refractivity contribution >= 4 is 11.6 Å². The lowest BCUT2D eigenvalue weighted by Crippen LogP contribution is -2.32. The minimum atomic E-state index is -0.00550. The topological polar surface area (TPSA) is 67.2 Å². The van der Waals surface area contributed by atoms with Crippen LogP contribution in [0.1, 0.15) is 61.9 Å². The van der Waals surface area contributed by atoms with E-state index in [9.17, 15) is 4.79 Å². The third kappa shape index (κ3) is 5.21. The molecule has 1 atom stereocenters. The zero-order valence-electron chi connectivity index (χ0n) is 12.8. The SMILES string of the molecule is CCCCCCC(C)NC(=O)c1ccc(NN)cc1C. The van der Waals surface area contributed by atoms with Crippen LogP contribution in [-0.2, 0) is 0 Å². The molecule has 20 heavy (non-hydrogen) atoms. The predicted molar refractivity (Wildman–Crippen MR) is 84.7 cm³/mol. The van der Waals surface area contributed by atoms with Gasteiger partial charge in [0.15, 0.2) is 0 Å². The van der Waals surface area contributed by atoms with Crippen LogP contribution in [-0.4, -0.2) is 11.9 Å². The first-order valence-corrected chi connectivity index (χ1v) is 7.46. The molecule has 0 heterocycles. The van der Waals surface area contributed by atoms with Gasteiger partial charge < -0.3 is 10.7 Å². The molecule has 4 N–H and O–H groups in total. The third-order valence-electron chi connectivity index (χ3n) is 3.51. The summed E-state index contributed by atoms with van der Waals surface area (Å²) >= 11 is 0. The number of hydrogen-bond donors (Lipinski definition) is 3. The highest BCUT2D eigenvalue weighted by Gasteiger charge is 2.12. The largest absolute Gasteiger partial charge is 0.350 e. The van der Waals surface area contributed by atoms with Crippen molar-refractivity contribution in [2.45, 2.75) is 58.9 Å². The number of nitrogen functional groups attached to an aromatic ring is 1. The van der Waals surface area contributed by atoms with Gasteiger partial charge in [-0.15, -0.1) is 0 Å². The Morgan fingerprint density at radius 3 is 2.65 bits per heavy atom. The van der Waals surface area contributed by atoms with Gasteiger partial charge >= 0.3 is 0 Å². The Balaban J connectivity index is 2.49. The van der Waals surface area contributed by atoms with E-state index in [2.05, 4.69) is 24.6 Å². The predicted octanol–water partition coefficient (Wildman–Crippen LogP) is 3.37. The molecule has 1 aromatic rings. The first-order chi connectivity index (χ1) is 9.58. The van der Waals surface area contributed by atoms with E-state index < -0.39 is 0 Å². The Labute approximate surface area is 122 Å². The van der Waals surface area contributed by atoms with Crippen LogP contribution < -0.4 is 16.6 Å². The quantitative estimate of drug-likeness (QED) is 0.388. The van der Waals surface area contributed by atoms with Crippen LogP contribution in [0.25, 0.3) is 0 Å². The molecule has 1 aromatic carbocycles. The van der Waals surface area contributed by atoms with Gasteiger partial charge in [0.2, 0.25) is 0 Å². The molecule has 0 aliphatic heterocycles. The number of rotatable bonds is 8. The monoisotopic (exact) mass is 277 g/mol. The maximum absolute atomic E-state index is 12.2. The van der Waals surface area contributed by atoms with Crippen molar-refractivity contribution < 1.29 is 4.79 Å². The van der Waals surface area contributed by atoms with Crippen LogP contribution in [0.2, 0.25) is 0 Å². The van der Waals surface area contributed by atoms with Crippen LogP contribution in [0.4, 0.5) is 5.69 Å². The van der Waals surface area contributed by atoms with Crippen molar-refractivity contribution in [1.82, 2.24) is 5.32 Å². The van der Waals surface area contributed by atoms with Crippen molar-refractivity contribution in [2.75, 3.05) is 5.43 Å². The number of nitrogens with one attached hydrogen (secondary N) is 2. The fraction of sp³-hybridized carbons (Fsp3) is 0.562. The summed E-state index contributed by atoms with van der Waals surface area (Å²) in [5.41, 5.74) is 5.03. The van der Waals surface area contributed by atoms with E-state index in [4.69, 9.17) is 5.84 Å². The molecule has 0 bridgehead atoms. The number of unbranched alkanes of at least 4 members (excludes halogenated alkanes) is 3. The molecule has 1 amide bonds. The van der Waals surface area contributed by atoms with Crippen LogP contribution in [0.3, 0.4) is 0 Å². The molecule has 0 spiro atoms. The lowest BCUT2D eigenvalue weighted by molar-refractivity contribution is 0.0937. The number of hydrazine groups is 1. The summed E-state index contributed by atoms with van der Waals surface area (Å²) < 4.78 is 0. The first kappa shape index (κ1) is 16.5. The van der Waals surface area contributed by atoms with E-state index in [1.165, 1.54) is 25.7 Å². The number of amides is 1. The van der Waals surface area contributed by atoms with E-state index >= 15 is 0 Å². The smallest absolute Gasteiger partial charge is 0.251 e. The molecule has 1 rings (SSSR count). The molecule has 4 nitrogen and oxygen atoms in total. The van der Waals surface area contributed by atoms with E-state index in [1.807, 2.05) is 25.1 Å². The number of aryl methyl sites for hydroxylation is 1. The average molecular weight is 277 g/mol. The van der Waals surface area contributed by atoms with Crippen LogP contribution in [0.15, 0.2) is 18.2 Å². The average Bonchev–Trinajstić information content (AvgIpc) is 2.43. The van der Waals surface area contributed by atoms with Crippen molar-refractivity contribution in [3.8, 4) is 0 Å². The number of hydrogen-bond acceptors (Lipinski definition) is 3. The van der Waals surface area contributed by atoms with Gasteiger partial charge in [-0.1, -0.05) is 32.6 Å². The molecule has 0 saturated heterocycles. The van der Waals surface area contributed by atoms with Gasteiger partial charge in [-0.3, -0.25) is 10.6 Å². The van der Waals surface area contributed by atoms with Gasteiger partial charge in [0.05, 0.1) is 0 Å². The Morgan fingerprint density at radius 2 is 2.05 bits per heavy atom. The van der Waals surface area contributed by atoms with Crippen molar-refractivity contribution in [3.63, 3.8) is 0 Å². The van der Waals surface area contributed by atoms with Gasteiger partial charge in [0.1, 0.15) is 0 Å². The molecule has 0 aliphatic rings. The summed E-state index contributed by atoms with van der Waals surface area (Å²) in [4.78, 5) is 12.2. The number of nitrogens with two attached hydrogens (primary N) is 1. The molecule has 0 fully saturated rings. The maximum Gasteiger partial charge on any atom is 0.251 e. The van der Waals surface area contributed by atoms with Crippen molar-refractivity contribution in [2.24, 2.45) is 5.84 Å². The fourth-order valence-corrected chi connectivity index (χ4v) is 2.26. The highest BCUT2D eigenvalue weighted by atomic mass is 16.1. The normalized spacial score (nSPS) is 12.0. The van der Waals surface area contributed by atoms with Gasteiger partial charge in [-0.25, -0.2) is 0 Å². The van der Waals surface area contributed by atoms with E-state index in [1.54, 1.807) is 0 Å². The number of carbonyl (C=O) groups is 1. The summed E-state index contributed by atoms with van der Waals surface area (Å²) in [5, 5.41) is 3.06. The maximum atomic E-state index is 12.2. The van der Waals surface area contributed by atoms with E-state index in [0.29, 0.717) is 5.56 Å². The molecular weight excluding hydrogens is 250 g/mol. The van der Waals surface area contributed by atoms with Crippen molar-refractivity contribution in [3.05, 3.63) is 29.3 Å². The van der Waals surface area contributed by atoms with E-state index in [0.717, 1.165) is 17.7 Å². The lowest BCUT2D eigenvalue weighted by atomic mass is 10.1. The van der Waals surface area contributed by atoms with E-state index in [-0.39, 0.29) is 11.9 Å². The van der Waals surface area contributed by atoms with Crippen LogP contribution >= 0.6 is 0 Å². The number of anilines is 1. The second-order valence-corrected chi connectivity index (χ2v) is 5.40. The van der Waals surface area contributed by atoms with Crippen molar-refractivity contribution in [1.29, 1.82) is 0 Å². The Kier molecular flexibility index (Phi) is 7.09. The van der Waals surface area contributed by atoms with Gasteiger partial charge in [-0.05, 0) is 44.0 Å². The minimum Gasteiger partial charge on any atom is -0.350 e. The summed E-state index contributed by atoms with van der Waals surface area (Å²) in [5.74, 6) is 5.35. The Bertz CT molecular complexity index is 432. The van der Waals surface area contributed by atoms with Gasteiger partial charge in [-0.2, -0.15) is 0 Å². The second-order valence-electron chi connectivity index (χ2n) is 5.40. The molecular formula is C16H27N3O. The molecule has 0 saturated carbocycles. The summed E-state index contributed by atoms with van der Waals surface area (Å²) in [6.45, 7) is 6.19. The Hall–Kier alpha value is -1.55. The summed E-state index contributed by atoms with van der Waals surface area (Å²) in [6, 6.07) is 5.71. The van der Waals surface area contributed by atoms with Gasteiger partial charge in [0, 0.05) is 17.3 Å². The minimum absolute atomic E-state index is 0.00550. The van der Waals surface area contributed by atoms with Crippen LogP contribution in [0, 0.1) is 6.92 Å². The summed E-state index contributed by atoms with van der Waals surface area (Å²) in [6.07, 6.45) is 5.96. The lowest BCUT2D eigenvalue weighted by Gasteiger charge is -2.15. The highest BCUT2D eigenvalue weighted by Crippen LogP contribution is 2.15. The second kappa shape index (κ2) is 8.59. The summed E-state index contributed by atoms with van der Waals surface area (Å²) in [7, 11) is 0. The highest BCUT2D eigenvalue weighted by molar-refractivity contribution is 5.96. The van der Waals surface area contributed by atoms with Crippen LogP contribution in [0.5, 0.6) is 0 Å². The van der Waals surface area contributed by atoms with Gasteiger partial charge in [0.25, 0.3) is 5.91 Å². The molecule has 112 valence electrons. The molecule has 4 heteroatoms. The molecule has 0 radical (unpaired) electrons. The standard InChI is InChI=1S/C16H27N3O/c1-4-5-6-7-8-13(3)18-16(20)15-10-9-14(19-17)11-12(15)2/h9-11,13,19H,4-8,17H2,1-3H3,(H,18,20).